The Morgan fingerprint density at radius 3 is 2.73 bits per heavy atom. The van der Waals surface area contributed by atoms with Crippen LogP contribution in [0.1, 0.15) is 26.7 Å². The average molecular weight is 321 g/mol. The SMILES string of the molecule is CCC(C)(CC(=O)O)C(=O)Nc1ccc2ccnc(Cl)c2c1. The minimum absolute atomic E-state index is 0.217. The molecule has 1 aromatic heterocycles. The molecule has 6 heteroatoms. The Bertz CT molecular complexity index is 732. The fourth-order valence-corrected chi connectivity index (χ4v) is 2.41. The van der Waals surface area contributed by atoms with E-state index in [0.717, 1.165) is 10.8 Å². The molecule has 0 spiro atoms. The molecule has 2 rings (SSSR count). The van der Waals surface area contributed by atoms with Gasteiger partial charge in [0.2, 0.25) is 5.91 Å². The van der Waals surface area contributed by atoms with Crippen LogP contribution in [0.15, 0.2) is 30.5 Å². The summed E-state index contributed by atoms with van der Waals surface area (Å²) in [6.45, 7) is 3.44. The van der Waals surface area contributed by atoms with Crippen molar-refractivity contribution in [3.05, 3.63) is 35.6 Å². The number of rotatable bonds is 5. The molecule has 1 amide bonds. The van der Waals surface area contributed by atoms with Crippen LogP contribution in [0, 0.1) is 5.41 Å². The molecule has 0 aliphatic carbocycles. The first-order valence-corrected chi connectivity index (χ1v) is 7.31. The van der Waals surface area contributed by atoms with E-state index in [0.29, 0.717) is 17.3 Å². The highest BCUT2D eigenvalue weighted by atomic mass is 35.5. The number of carboxylic acid groups (broad SMARTS) is 1. The van der Waals surface area contributed by atoms with Gasteiger partial charge in [-0.1, -0.05) is 31.5 Å². The van der Waals surface area contributed by atoms with Crippen molar-refractivity contribution in [3.63, 3.8) is 0 Å². The molecule has 0 saturated heterocycles. The molecule has 1 aromatic carbocycles. The van der Waals surface area contributed by atoms with Crippen LogP contribution in [-0.2, 0) is 9.59 Å². The summed E-state index contributed by atoms with van der Waals surface area (Å²) in [5, 5.41) is 13.7. The standard InChI is InChI=1S/C16H17ClN2O3/c1-3-16(2,9-13(20)21)15(22)19-11-5-4-10-6-7-18-14(17)12(10)8-11/h4-8H,3,9H2,1-2H3,(H,19,22)(H,20,21). The van der Waals surface area contributed by atoms with Gasteiger partial charge in [0.05, 0.1) is 11.8 Å². The Labute approximate surface area is 133 Å². The molecule has 0 aliphatic heterocycles. The summed E-state index contributed by atoms with van der Waals surface area (Å²) in [6.07, 6.45) is 1.83. The van der Waals surface area contributed by atoms with Crippen molar-refractivity contribution in [2.75, 3.05) is 5.32 Å². The summed E-state index contributed by atoms with van der Waals surface area (Å²) in [7, 11) is 0. The predicted octanol–water partition coefficient (Wildman–Crippen LogP) is 3.72. The first kappa shape index (κ1) is 16.2. The first-order chi connectivity index (χ1) is 10.4. The lowest BCUT2D eigenvalue weighted by atomic mass is 9.83. The Balaban J connectivity index is 2.28. The average Bonchev–Trinajstić information content (AvgIpc) is 2.47. The number of hydrogen-bond donors (Lipinski definition) is 2. The van der Waals surface area contributed by atoms with Crippen molar-refractivity contribution in [1.29, 1.82) is 0 Å². The van der Waals surface area contributed by atoms with Crippen molar-refractivity contribution < 1.29 is 14.7 Å². The van der Waals surface area contributed by atoms with Gasteiger partial charge in [-0.2, -0.15) is 0 Å². The number of aliphatic carboxylic acids is 1. The number of aromatic nitrogens is 1. The molecule has 2 N–H and O–H groups in total. The van der Waals surface area contributed by atoms with Crippen molar-refractivity contribution in [1.82, 2.24) is 4.98 Å². The van der Waals surface area contributed by atoms with Gasteiger partial charge in [-0.3, -0.25) is 9.59 Å². The topological polar surface area (TPSA) is 79.3 Å². The van der Waals surface area contributed by atoms with Gasteiger partial charge in [0.25, 0.3) is 0 Å². The molecule has 22 heavy (non-hydrogen) atoms. The van der Waals surface area contributed by atoms with Crippen LogP contribution in [0.5, 0.6) is 0 Å². The number of benzene rings is 1. The monoisotopic (exact) mass is 320 g/mol. The number of carbonyl (C=O) groups is 2. The van der Waals surface area contributed by atoms with E-state index < -0.39 is 11.4 Å². The smallest absolute Gasteiger partial charge is 0.304 e. The summed E-state index contributed by atoms with van der Waals surface area (Å²) in [5.41, 5.74) is -0.392. The fourth-order valence-electron chi connectivity index (χ4n) is 2.19. The highest BCUT2D eigenvalue weighted by Gasteiger charge is 2.34. The highest BCUT2D eigenvalue weighted by molar-refractivity contribution is 6.34. The van der Waals surface area contributed by atoms with E-state index in [1.807, 2.05) is 12.1 Å². The van der Waals surface area contributed by atoms with Crippen LogP contribution in [0.3, 0.4) is 0 Å². The molecule has 0 radical (unpaired) electrons. The quantitative estimate of drug-likeness (QED) is 0.823. The van der Waals surface area contributed by atoms with Gasteiger partial charge in [-0.15, -0.1) is 0 Å². The van der Waals surface area contributed by atoms with Gasteiger partial charge in [0.1, 0.15) is 5.15 Å². The Hall–Kier alpha value is -2.14. The number of nitrogens with zero attached hydrogens (tertiary/aromatic N) is 1. The molecule has 0 saturated carbocycles. The zero-order chi connectivity index (χ0) is 16.3. The zero-order valence-electron chi connectivity index (χ0n) is 12.4. The second-order valence-corrected chi connectivity index (χ2v) is 5.83. The minimum Gasteiger partial charge on any atom is -0.481 e. The van der Waals surface area contributed by atoms with Gasteiger partial charge in [0, 0.05) is 17.3 Å². The third-order valence-electron chi connectivity index (χ3n) is 3.85. The molecule has 1 heterocycles. The number of carboxylic acids is 1. The van der Waals surface area contributed by atoms with Crippen LogP contribution in [-0.4, -0.2) is 22.0 Å². The second-order valence-electron chi connectivity index (χ2n) is 5.48. The Morgan fingerprint density at radius 1 is 1.36 bits per heavy atom. The Kier molecular flexibility index (Phi) is 4.66. The van der Waals surface area contributed by atoms with Crippen LogP contribution < -0.4 is 5.32 Å². The fraction of sp³-hybridized carbons (Fsp3) is 0.312. The maximum Gasteiger partial charge on any atom is 0.304 e. The summed E-state index contributed by atoms with van der Waals surface area (Å²) in [4.78, 5) is 27.4. The van der Waals surface area contributed by atoms with Gasteiger partial charge < -0.3 is 10.4 Å². The van der Waals surface area contributed by atoms with E-state index in [-0.39, 0.29) is 12.3 Å². The molecule has 0 fully saturated rings. The van der Waals surface area contributed by atoms with E-state index >= 15 is 0 Å². The molecular weight excluding hydrogens is 304 g/mol. The zero-order valence-corrected chi connectivity index (χ0v) is 13.1. The normalized spacial score (nSPS) is 13.6. The second kappa shape index (κ2) is 6.32. The number of halogens is 1. The number of carbonyl (C=O) groups excluding carboxylic acids is 1. The van der Waals surface area contributed by atoms with E-state index in [1.54, 1.807) is 32.2 Å². The van der Waals surface area contributed by atoms with E-state index in [2.05, 4.69) is 10.3 Å². The number of nitrogens with one attached hydrogen (secondary N) is 1. The number of anilines is 1. The third kappa shape index (κ3) is 3.36. The number of amides is 1. The van der Waals surface area contributed by atoms with E-state index in [9.17, 15) is 9.59 Å². The van der Waals surface area contributed by atoms with Crippen LogP contribution in [0.4, 0.5) is 5.69 Å². The minimum atomic E-state index is -0.995. The van der Waals surface area contributed by atoms with Gasteiger partial charge in [-0.05, 0) is 30.0 Å². The summed E-state index contributed by atoms with van der Waals surface area (Å²) in [6, 6.07) is 7.15. The van der Waals surface area contributed by atoms with E-state index in [1.165, 1.54) is 0 Å². The number of pyridine rings is 1. The number of hydrogen-bond acceptors (Lipinski definition) is 3. The summed E-state index contributed by atoms with van der Waals surface area (Å²) < 4.78 is 0. The highest BCUT2D eigenvalue weighted by Crippen LogP contribution is 2.29. The molecule has 1 unspecified atom stereocenters. The van der Waals surface area contributed by atoms with Crippen LogP contribution in [0.25, 0.3) is 10.8 Å². The van der Waals surface area contributed by atoms with Crippen molar-refractivity contribution in [3.8, 4) is 0 Å². The summed E-state index contributed by atoms with van der Waals surface area (Å²) >= 11 is 6.05. The van der Waals surface area contributed by atoms with Gasteiger partial charge in [-0.25, -0.2) is 4.98 Å². The molecule has 2 aromatic rings. The lowest BCUT2D eigenvalue weighted by molar-refractivity contribution is -0.143. The predicted molar refractivity (Wildman–Crippen MR) is 86.0 cm³/mol. The van der Waals surface area contributed by atoms with Crippen molar-refractivity contribution in [2.24, 2.45) is 5.41 Å². The Morgan fingerprint density at radius 2 is 2.09 bits per heavy atom. The number of fused-ring (bicyclic) bond motifs is 1. The third-order valence-corrected chi connectivity index (χ3v) is 4.15. The largest absolute Gasteiger partial charge is 0.481 e. The maximum atomic E-state index is 12.4. The van der Waals surface area contributed by atoms with Crippen molar-refractivity contribution >= 4 is 39.9 Å². The summed E-state index contributed by atoms with van der Waals surface area (Å²) in [5.74, 6) is -1.32. The lowest BCUT2D eigenvalue weighted by Crippen LogP contribution is -2.35. The van der Waals surface area contributed by atoms with Gasteiger partial charge >= 0.3 is 5.97 Å². The molecular formula is C16H17ClN2O3. The molecule has 5 nitrogen and oxygen atoms in total. The molecule has 0 aliphatic rings. The van der Waals surface area contributed by atoms with E-state index in [4.69, 9.17) is 16.7 Å². The maximum absolute atomic E-state index is 12.4. The molecule has 1 atom stereocenters. The molecule has 116 valence electrons. The lowest BCUT2D eigenvalue weighted by Gasteiger charge is -2.25. The van der Waals surface area contributed by atoms with Gasteiger partial charge in [0.15, 0.2) is 0 Å². The van der Waals surface area contributed by atoms with Crippen molar-refractivity contribution in [2.45, 2.75) is 26.7 Å². The first-order valence-electron chi connectivity index (χ1n) is 6.93. The van der Waals surface area contributed by atoms with Crippen LogP contribution in [0.2, 0.25) is 5.15 Å². The van der Waals surface area contributed by atoms with Crippen LogP contribution >= 0.6 is 11.6 Å². The molecule has 0 bridgehead atoms.